The summed E-state index contributed by atoms with van der Waals surface area (Å²) in [6.07, 6.45) is 1.51. The van der Waals surface area contributed by atoms with Gasteiger partial charge in [-0.3, -0.25) is 10.1 Å². The molecule has 8 nitrogen and oxygen atoms in total. The molecular weight excluding hydrogens is 483 g/mol. The first-order valence-corrected chi connectivity index (χ1v) is 10.6. The van der Waals surface area contributed by atoms with Crippen LogP contribution >= 0.6 is 23.2 Å². The number of aliphatic imine (C=N–C) groups is 1. The van der Waals surface area contributed by atoms with Crippen LogP contribution < -0.4 is 9.47 Å². The van der Waals surface area contributed by atoms with Gasteiger partial charge in [0.15, 0.2) is 17.2 Å². The van der Waals surface area contributed by atoms with Gasteiger partial charge in [0, 0.05) is 23.3 Å². The van der Waals surface area contributed by atoms with E-state index in [0.29, 0.717) is 38.2 Å². The SMILES string of the molecule is COc1cccc(/C=C2\N=C(c3ccc(Cl)c(Cl)c3)OC2=O)c1OCc1cccc([N+](=O)[O-])c1. The summed E-state index contributed by atoms with van der Waals surface area (Å²) in [4.78, 5) is 27.3. The Labute approximate surface area is 204 Å². The molecule has 4 rings (SSSR count). The molecule has 1 heterocycles. The second-order valence-electron chi connectivity index (χ2n) is 7.06. The first-order valence-electron chi connectivity index (χ1n) is 9.87. The van der Waals surface area contributed by atoms with Crippen LogP contribution in [-0.2, 0) is 16.1 Å². The lowest BCUT2D eigenvalue weighted by molar-refractivity contribution is -0.384. The van der Waals surface area contributed by atoms with Gasteiger partial charge >= 0.3 is 5.97 Å². The standard InChI is InChI=1S/C24H16Cl2N2O6/c1-32-21-7-3-5-15(22(21)33-13-14-4-2-6-17(10-14)28(30)31)12-20-24(29)34-23(27-20)16-8-9-18(25)19(26)11-16/h2-12H,13H2,1H3/b20-12-. The van der Waals surface area contributed by atoms with Gasteiger partial charge in [-0.25, -0.2) is 9.79 Å². The Bertz CT molecular complexity index is 1350. The molecule has 0 atom stereocenters. The minimum atomic E-state index is -0.645. The predicted molar refractivity (Wildman–Crippen MR) is 127 cm³/mol. The van der Waals surface area contributed by atoms with E-state index >= 15 is 0 Å². The molecule has 0 aliphatic carbocycles. The largest absolute Gasteiger partial charge is 0.493 e. The molecule has 0 amide bonds. The summed E-state index contributed by atoms with van der Waals surface area (Å²) in [5, 5.41) is 11.7. The predicted octanol–water partition coefficient (Wildman–Crippen LogP) is 5.83. The molecular formula is C24H16Cl2N2O6. The molecule has 0 saturated heterocycles. The van der Waals surface area contributed by atoms with Gasteiger partial charge in [0.25, 0.3) is 5.69 Å². The number of cyclic esters (lactones) is 1. The summed E-state index contributed by atoms with van der Waals surface area (Å²) in [5.74, 6) is 0.208. The van der Waals surface area contributed by atoms with Crippen molar-refractivity contribution in [3.8, 4) is 11.5 Å². The van der Waals surface area contributed by atoms with E-state index in [0.717, 1.165) is 0 Å². The molecule has 1 aliphatic heterocycles. The molecule has 0 radical (unpaired) electrons. The van der Waals surface area contributed by atoms with E-state index in [9.17, 15) is 14.9 Å². The van der Waals surface area contributed by atoms with Gasteiger partial charge in [-0.1, -0.05) is 47.5 Å². The maximum Gasteiger partial charge on any atom is 0.363 e. The number of nitrogens with zero attached hydrogens (tertiary/aromatic N) is 2. The Morgan fingerprint density at radius 2 is 1.88 bits per heavy atom. The van der Waals surface area contributed by atoms with Crippen molar-refractivity contribution >= 4 is 46.8 Å². The molecule has 0 bridgehead atoms. The van der Waals surface area contributed by atoms with Gasteiger partial charge in [0.1, 0.15) is 6.61 Å². The van der Waals surface area contributed by atoms with Gasteiger partial charge in [-0.05, 0) is 35.9 Å². The molecule has 172 valence electrons. The van der Waals surface area contributed by atoms with E-state index in [1.165, 1.54) is 25.3 Å². The molecule has 0 saturated carbocycles. The number of hydrogen-bond donors (Lipinski definition) is 0. The maximum absolute atomic E-state index is 12.5. The molecule has 0 aromatic heterocycles. The van der Waals surface area contributed by atoms with E-state index < -0.39 is 10.9 Å². The molecule has 0 N–H and O–H groups in total. The monoisotopic (exact) mass is 498 g/mol. The van der Waals surface area contributed by atoms with Crippen LogP contribution in [0.15, 0.2) is 71.4 Å². The zero-order valence-electron chi connectivity index (χ0n) is 17.7. The summed E-state index contributed by atoms with van der Waals surface area (Å²) in [6.45, 7) is 0.0421. The van der Waals surface area contributed by atoms with Crippen molar-refractivity contribution in [2.45, 2.75) is 6.61 Å². The van der Waals surface area contributed by atoms with Crippen LogP contribution in [0.5, 0.6) is 11.5 Å². The molecule has 34 heavy (non-hydrogen) atoms. The average Bonchev–Trinajstić information content (AvgIpc) is 3.20. The highest BCUT2D eigenvalue weighted by Crippen LogP contribution is 2.34. The van der Waals surface area contributed by atoms with Gasteiger partial charge in [0.05, 0.1) is 22.1 Å². The maximum atomic E-state index is 12.5. The number of ether oxygens (including phenoxy) is 3. The normalized spacial score (nSPS) is 14.0. The molecule has 10 heteroatoms. The number of nitro groups is 1. The Kier molecular flexibility index (Phi) is 6.81. The van der Waals surface area contributed by atoms with E-state index in [-0.39, 0.29) is 23.9 Å². The van der Waals surface area contributed by atoms with Crippen LogP contribution in [0, 0.1) is 10.1 Å². The summed E-state index contributed by atoms with van der Waals surface area (Å²) < 4.78 is 16.6. The fraction of sp³-hybridized carbons (Fsp3) is 0.0833. The number of carbonyl (C=O) groups is 1. The van der Waals surface area contributed by atoms with Crippen molar-refractivity contribution in [2.75, 3.05) is 7.11 Å². The minimum Gasteiger partial charge on any atom is -0.493 e. The summed E-state index contributed by atoms with van der Waals surface area (Å²) in [5.41, 5.74) is 1.62. The highest BCUT2D eigenvalue weighted by molar-refractivity contribution is 6.42. The number of non-ortho nitro benzene ring substituents is 1. The Balaban J connectivity index is 1.65. The van der Waals surface area contributed by atoms with Crippen molar-refractivity contribution in [3.63, 3.8) is 0 Å². The number of nitro benzene ring substituents is 1. The highest BCUT2D eigenvalue weighted by Gasteiger charge is 2.25. The third-order valence-electron chi connectivity index (χ3n) is 4.81. The molecule has 0 fully saturated rings. The van der Waals surface area contributed by atoms with Crippen molar-refractivity contribution in [2.24, 2.45) is 4.99 Å². The Morgan fingerprint density at radius 3 is 2.62 bits per heavy atom. The summed E-state index contributed by atoms with van der Waals surface area (Å²) >= 11 is 12.0. The lowest BCUT2D eigenvalue weighted by atomic mass is 10.1. The molecule has 0 unspecified atom stereocenters. The zero-order chi connectivity index (χ0) is 24.2. The fourth-order valence-corrected chi connectivity index (χ4v) is 3.48. The van der Waals surface area contributed by atoms with Crippen molar-refractivity contribution < 1.29 is 23.9 Å². The number of para-hydroxylation sites is 1. The summed E-state index contributed by atoms with van der Waals surface area (Å²) in [7, 11) is 1.48. The van der Waals surface area contributed by atoms with Gasteiger partial charge in [-0.2, -0.15) is 0 Å². The van der Waals surface area contributed by atoms with Crippen LogP contribution in [0.3, 0.4) is 0 Å². The number of halogens is 2. The van der Waals surface area contributed by atoms with Gasteiger partial charge < -0.3 is 14.2 Å². The number of carbonyl (C=O) groups excluding carboxylic acids is 1. The highest BCUT2D eigenvalue weighted by atomic mass is 35.5. The molecule has 3 aromatic carbocycles. The van der Waals surface area contributed by atoms with Crippen molar-refractivity contribution in [1.82, 2.24) is 0 Å². The van der Waals surface area contributed by atoms with Crippen LogP contribution in [0.2, 0.25) is 10.0 Å². The number of benzene rings is 3. The van der Waals surface area contributed by atoms with Gasteiger partial charge in [0.2, 0.25) is 5.90 Å². The zero-order valence-corrected chi connectivity index (χ0v) is 19.2. The van der Waals surface area contributed by atoms with E-state index in [4.69, 9.17) is 37.4 Å². The molecule has 3 aromatic rings. The lowest BCUT2D eigenvalue weighted by Gasteiger charge is -2.13. The van der Waals surface area contributed by atoms with E-state index in [2.05, 4.69) is 4.99 Å². The molecule has 0 spiro atoms. The van der Waals surface area contributed by atoms with Crippen LogP contribution in [0.1, 0.15) is 16.7 Å². The molecule has 1 aliphatic rings. The Hall–Kier alpha value is -3.88. The average molecular weight is 499 g/mol. The smallest absolute Gasteiger partial charge is 0.363 e. The Morgan fingerprint density at radius 1 is 1.09 bits per heavy atom. The minimum absolute atomic E-state index is 0.0404. The number of methoxy groups -OCH3 is 1. The second kappa shape index (κ2) is 9.94. The van der Waals surface area contributed by atoms with Crippen molar-refractivity contribution in [1.29, 1.82) is 0 Å². The van der Waals surface area contributed by atoms with E-state index in [1.54, 1.807) is 48.5 Å². The van der Waals surface area contributed by atoms with Crippen LogP contribution in [0.4, 0.5) is 5.69 Å². The first kappa shape index (κ1) is 23.3. The fourth-order valence-electron chi connectivity index (χ4n) is 3.19. The second-order valence-corrected chi connectivity index (χ2v) is 7.87. The topological polar surface area (TPSA) is 100 Å². The van der Waals surface area contributed by atoms with Crippen LogP contribution in [-0.4, -0.2) is 23.9 Å². The third-order valence-corrected chi connectivity index (χ3v) is 5.55. The van der Waals surface area contributed by atoms with Gasteiger partial charge in [-0.15, -0.1) is 0 Å². The number of esters is 1. The number of hydrogen-bond acceptors (Lipinski definition) is 7. The summed E-state index contributed by atoms with van der Waals surface area (Å²) in [6, 6.07) is 16.0. The van der Waals surface area contributed by atoms with Crippen molar-refractivity contribution in [3.05, 3.63) is 103 Å². The number of rotatable bonds is 7. The first-order chi connectivity index (χ1) is 16.4. The van der Waals surface area contributed by atoms with Crippen LogP contribution in [0.25, 0.3) is 6.08 Å². The third kappa shape index (κ3) is 5.03. The van der Waals surface area contributed by atoms with E-state index in [1.807, 2.05) is 0 Å². The lowest BCUT2D eigenvalue weighted by Crippen LogP contribution is -2.05. The quantitative estimate of drug-likeness (QED) is 0.175.